The van der Waals surface area contributed by atoms with E-state index in [0.29, 0.717) is 24.2 Å². The molecule has 1 heterocycles. The highest BCUT2D eigenvalue weighted by Gasteiger charge is 2.30. The average molecular weight is 396 g/mol. The van der Waals surface area contributed by atoms with Gasteiger partial charge in [0, 0.05) is 23.8 Å². The molecule has 1 aliphatic heterocycles. The molecule has 0 spiro atoms. The highest BCUT2D eigenvalue weighted by atomic mass is 35.5. The van der Waals surface area contributed by atoms with Gasteiger partial charge in [0.05, 0.1) is 6.10 Å². The van der Waals surface area contributed by atoms with Gasteiger partial charge in [-0.3, -0.25) is 9.59 Å². The van der Waals surface area contributed by atoms with E-state index >= 15 is 0 Å². The van der Waals surface area contributed by atoms with Crippen LogP contribution in [0.4, 0.5) is 5.69 Å². The first-order valence-electron chi connectivity index (χ1n) is 9.64. The molecule has 150 valence electrons. The fourth-order valence-electron chi connectivity index (χ4n) is 3.75. The maximum absolute atomic E-state index is 12.4. The lowest BCUT2D eigenvalue weighted by molar-refractivity contribution is -0.126. The standard InChI is InChI=1S/C20H29N3O3.ClH/c1-13-11-14(19(24)22-15-5-3-2-4-6-15)7-9-17(13)23-20(25)18-10-8-16(12-21)26-18;/h7,9,11,15-16,18H,2-6,8,10,12,21H2,1H3,(H,22,24)(H,23,25);1H/t16-,18+;/m1./s1. The zero-order valence-electron chi connectivity index (χ0n) is 15.8. The predicted octanol–water partition coefficient (Wildman–Crippen LogP) is 2.92. The van der Waals surface area contributed by atoms with Gasteiger partial charge >= 0.3 is 0 Å². The Kier molecular flexibility index (Phi) is 8.07. The minimum Gasteiger partial charge on any atom is -0.364 e. The van der Waals surface area contributed by atoms with Gasteiger partial charge in [-0.05, 0) is 56.4 Å². The number of hydrogen-bond acceptors (Lipinski definition) is 4. The molecule has 0 aromatic heterocycles. The quantitative estimate of drug-likeness (QED) is 0.714. The second kappa shape index (κ2) is 10.1. The highest BCUT2D eigenvalue weighted by molar-refractivity contribution is 5.97. The third-order valence-electron chi connectivity index (χ3n) is 5.35. The molecule has 1 saturated carbocycles. The molecule has 0 bridgehead atoms. The summed E-state index contributed by atoms with van der Waals surface area (Å²) in [4.78, 5) is 24.8. The molecule has 0 radical (unpaired) electrons. The van der Waals surface area contributed by atoms with Crippen molar-refractivity contribution in [2.24, 2.45) is 5.73 Å². The number of carbonyl (C=O) groups is 2. The number of carbonyl (C=O) groups excluding carboxylic acids is 2. The molecule has 6 nitrogen and oxygen atoms in total. The largest absolute Gasteiger partial charge is 0.364 e. The van der Waals surface area contributed by atoms with E-state index in [-0.39, 0.29) is 36.4 Å². The minimum atomic E-state index is -0.447. The van der Waals surface area contributed by atoms with Crippen molar-refractivity contribution in [3.8, 4) is 0 Å². The van der Waals surface area contributed by atoms with Gasteiger partial charge in [-0.2, -0.15) is 0 Å². The molecule has 1 aromatic carbocycles. The van der Waals surface area contributed by atoms with Crippen LogP contribution in [0.5, 0.6) is 0 Å². The fourth-order valence-corrected chi connectivity index (χ4v) is 3.75. The number of amides is 2. The van der Waals surface area contributed by atoms with Crippen LogP contribution in [-0.4, -0.2) is 36.6 Å². The Morgan fingerprint density at radius 3 is 2.52 bits per heavy atom. The monoisotopic (exact) mass is 395 g/mol. The number of nitrogens with one attached hydrogen (secondary N) is 2. The van der Waals surface area contributed by atoms with E-state index in [1.54, 1.807) is 12.1 Å². The molecular formula is C20H30ClN3O3. The van der Waals surface area contributed by atoms with Crippen LogP contribution >= 0.6 is 12.4 Å². The molecule has 2 amide bonds. The van der Waals surface area contributed by atoms with Gasteiger partial charge < -0.3 is 21.1 Å². The fraction of sp³-hybridized carbons (Fsp3) is 0.600. The molecule has 1 saturated heterocycles. The summed E-state index contributed by atoms with van der Waals surface area (Å²) in [6, 6.07) is 5.66. The second-order valence-corrected chi connectivity index (χ2v) is 7.39. The zero-order valence-corrected chi connectivity index (χ0v) is 16.6. The van der Waals surface area contributed by atoms with Gasteiger partial charge in [0.2, 0.25) is 0 Å². The number of nitrogens with two attached hydrogens (primary N) is 1. The summed E-state index contributed by atoms with van der Waals surface area (Å²) >= 11 is 0. The Labute approximate surface area is 167 Å². The van der Waals surface area contributed by atoms with Crippen LogP contribution < -0.4 is 16.4 Å². The van der Waals surface area contributed by atoms with E-state index in [9.17, 15) is 9.59 Å². The molecule has 2 fully saturated rings. The Hall–Kier alpha value is -1.63. The molecular weight excluding hydrogens is 366 g/mol. The summed E-state index contributed by atoms with van der Waals surface area (Å²) in [5.74, 6) is -0.189. The van der Waals surface area contributed by atoms with Crippen molar-refractivity contribution in [2.45, 2.75) is 70.1 Å². The summed E-state index contributed by atoms with van der Waals surface area (Å²) in [6.07, 6.45) is 6.77. The van der Waals surface area contributed by atoms with Crippen LogP contribution in [0.2, 0.25) is 0 Å². The number of benzene rings is 1. The van der Waals surface area contributed by atoms with Gasteiger partial charge in [0.15, 0.2) is 0 Å². The molecule has 27 heavy (non-hydrogen) atoms. The number of hydrogen-bond donors (Lipinski definition) is 3. The lowest BCUT2D eigenvalue weighted by Crippen LogP contribution is -2.36. The van der Waals surface area contributed by atoms with Crippen molar-refractivity contribution < 1.29 is 14.3 Å². The molecule has 4 N–H and O–H groups in total. The summed E-state index contributed by atoms with van der Waals surface area (Å²) in [7, 11) is 0. The molecule has 3 rings (SSSR count). The summed E-state index contributed by atoms with van der Waals surface area (Å²) in [5.41, 5.74) is 7.80. The number of ether oxygens (including phenoxy) is 1. The van der Waals surface area contributed by atoms with E-state index in [0.717, 1.165) is 24.8 Å². The first-order chi connectivity index (χ1) is 12.6. The topological polar surface area (TPSA) is 93.5 Å². The van der Waals surface area contributed by atoms with E-state index in [4.69, 9.17) is 10.5 Å². The van der Waals surface area contributed by atoms with E-state index in [2.05, 4.69) is 10.6 Å². The van der Waals surface area contributed by atoms with Crippen LogP contribution in [-0.2, 0) is 9.53 Å². The molecule has 1 aromatic rings. The Morgan fingerprint density at radius 2 is 1.89 bits per heavy atom. The second-order valence-electron chi connectivity index (χ2n) is 7.39. The zero-order chi connectivity index (χ0) is 18.5. The maximum Gasteiger partial charge on any atom is 0.253 e. The van der Waals surface area contributed by atoms with Crippen molar-refractivity contribution in [3.63, 3.8) is 0 Å². The summed E-state index contributed by atoms with van der Waals surface area (Å²) in [6.45, 7) is 2.33. The predicted molar refractivity (Wildman–Crippen MR) is 108 cm³/mol. The molecule has 0 unspecified atom stereocenters. The van der Waals surface area contributed by atoms with E-state index < -0.39 is 6.10 Å². The molecule has 7 heteroatoms. The number of rotatable bonds is 5. The number of anilines is 1. The van der Waals surface area contributed by atoms with Gasteiger partial charge in [0.25, 0.3) is 11.8 Å². The lowest BCUT2D eigenvalue weighted by atomic mass is 9.95. The summed E-state index contributed by atoms with van der Waals surface area (Å²) in [5, 5.41) is 6.03. The van der Waals surface area contributed by atoms with E-state index in [1.165, 1.54) is 19.3 Å². The molecule has 2 atom stereocenters. The van der Waals surface area contributed by atoms with Gasteiger partial charge in [0.1, 0.15) is 6.10 Å². The average Bonchev–Trinajstić information content (AvgIpc) is 3.13. The SMILES string of the molecule is Cc1cc(C(=O)NC2CCCCC2)ccc1NC(=O)[C@@H]1CC[C@H](CN)O1.Cl. The third-order valence-corrected chi connectivity index (χ3v) is 5.35. The third kappa shape index (κ3) is 5.67. The molecule has 1 aliphatic carbocycles. The normalized spacial score (nSPS) is 22.7. The highest BCUT2D eigenvalue weighted by Crippen LogP contribution is 2.23. The molecule has 2 aliphatic rings. The van der Waals surface area contributed by atoms with Crippen LogP contribution in [0, 0.1) is 6.92 Å². The first kappa shape index (κ1) is 21.7. The summed E-state index contributed by atoms with van der Waals surface area (Å²) < 4.78 is 5.63. The minimum absolute atomic E-state index is 0. The van der Waals surface area contributed by atoms with Crippen molar-refractivity contribution >= 4 is 29.9 Å². The van der Waals surface area contributed by atoms with Crippen molar-refractivity contribution in [2.75, 3.05) is 11.9 Å². The van der Waals surface area contributed by atoms with Crippen LogP contribution in [0.15, 0.2) is 18.2 Å². The number of aryl methyl sites for hydroxylation is 1. The van der Waals surface area contributed by atoms with Crippen molar-refractivity contribution in [1.29, 1.82) is 0 Å². The van der Waals surface area contributed by atoms with Crippen molar-refractivity contribution in [1.82, 2.24) is 5.32 Å². The van der Waals surface area contributed by atoms with Gasteiger partial charge in [-0.25, -0.2) is 0 Å². The first-order valence-corrected chi connectivity index (χ1v) is 9.64. The lowest BCUT2D eigenvalue weighted by Gasteiger charge is -2.23. The maximum atomic E-state index is 12.4. The smallest absolute Gasteiger partial charge is 0.253 e. The number of halogens is 1. The van der Waals surface area contributed by atoms with E-state index in [1.807, 2.05) is 13.0 Å². The van der Waals surface area contributed by atoms with Crippen LogP contribution in [0.1, 0.15) is 60.9 Å². The Bertz CT molecular complexity index is 662. The van der Waals surface area contributed by atoms with Gasteiger partial charge in [-0.1, -0.05) is 19.3 Å². The van der Waals surface area contributed by atoms with Gasteiger partial charge in [-0.15, -0.1) is 12.4 Å². The van der Waals surface area contributed by atoms with Crippen LogP contribution in [0.25, 0.3) is 0 Å². The van der Waals surface area contributed by atoms with Crippen LogP contribution in [0.3, 0.4) is 0 Å². The Balaban J connectivity index is 0.00000261. The van der Waals surface area contributed by atoms with Crippen molar-refractivity contribution in [3.05, 3.63) is 29.3 Å². The Morgan fingerprint density at radius 1 is 1.15 bits per heavy atom.